The number of β-amino-alcohol motifs (C(OH)–C–C–N with tert-alkyl or cyclic N) is 1. The highest BCUT2D eigenvalue weighted by molar-refractivity contribution is 7.13. The number of rotatable bonds is 8. The van der Waals surface area contributed by atoms with E-state index < -0.39 is 18.2 Å². The van der Waals surface area contributed by atoms with Crippen LogP contribution in [-0.2, 0) is 25.7 Å². The first kappa shape index (κ1) is 27.2. The van der Waals surface area contributed by atoms with Crippen LogP contribution < -0.4 is 10.6 Å². The van der Waals surface area contributed by atoms with Gasteiger partial charge in [-0.25, -0.2) is 4.98 Å². The fourth-order valence-electron chi connectivity index (χ4n) is 4.89. The van der Waals surface area contributed by atoms with Crippen molar-refractivity contribution in [2.24, 2.45) is 11.8 Å². The summed E-state index contributed by atoms with van der Waals surface area (Å²) in [5, 5.41) is 16.2. The normalized spacial score (nSPS) is 21.2. The van der Waals surface area contributed by atoms with Crippen molar-refractivity contribution in [2.75, 3.05) is 19.8 Å². The monoisotopic (exact) mass is 528 g/mol. The van der Waals surface area contributed by atoms with Gasteiger partial charge in [0.2, 0.25) is 17.7 Å². The van der Waals surface area contributed by atoms with Crippen LogP contribution in [0.3, 0.4) is 0 Å². The maximum absolute atomic E-state index is 13.5. The number of aliphatic hydroxyl groups is 1. The van der Waals surface area contributed by atoms with Gasteiger partial charge in [0.1, 0.15) is 12.1 Å². The number of aliphatic hydroxyl groups excluding tert-OH is 1. The molecule has 2 fully saturated rings. The molecule has 200 valence electrons. The van der Waals surface area contributed by atoms with Crippen molar-refractivity contribution in [3.63, 3.8) is 0 Å². The third-order valence-electron chi connectivity index (χ3n) is 7.12. The number of thiazole rings is 1. The molecule has 3 amide bonds. The molecule has 0 aliphatic carbocycles. The fraction of sp³-hybridized carbons (Fsp3) is 0.556. The lowest BCUT2D eigenvalue weighted by Crippen LogP contribution is -2.56. The lowest BCUT2D eigenvalue weighted by atomic mass is 9.96. The van der Waals surface area contributed by atoms with Crippen molar-refractivity contribution in [2.45, 2.75) is 64.8 Å². The number of likely N-dealkylation sites (tertiary alicyclic amines) is 1. The van der Waals surface area contributed by atoms with Crippen LogP contribution in [0.1, 0.15) is 44.4 Å². The lowest BCUT2D eigenvalue weighted by Gasteiger charge is -2.31. The van der Waals surface area contributed by atoms with Crippen LogP contribution in [0, 0.1) is 18.8 Å². The standard InChI is InChI=1S/C27H36N4O5S/c1-16(2)23(30-25(33)20-8-10-36-11-9-20)27(35)31-14-21(32)12-22(31)26(34)28-13-18-4-6-19(7-5-18)24-17(3)29-15-37-24/h4-7,15-16,20-23,32H,8-14H2,1-3H3,(H,28,34)(H,30,33)/t21-,22+,23+/m1/s1. The predicted molar refractivity (Wildman–Crippen MR) is 141 cm³/mol. The zero-order chi connectivity index (χ0) is 26.5. The van der Waals surface area contributed by atoms with E-state index in [4.69, 9.17) is 4.74 Å². The van der Waals surface area contributed by atoms with E-state index in [0.29, 0.717) is 32.6 Å². The molecule has 2 aliphatic rings. The topological polar surface area (TPSA) is 121 Å². The molecule has 1 aromatic carbocycles. The molecule has 10 heteroatoms. The molecule has 0 spiro atoms. The Kier molecular flexibility index (Phi) is 8.94. The van der Waals surface area contributed by atoms with Gasteiger partial charge in [0, 0.05) is 38.6 Å². The second-order valence-corrected chi connectivity index (χ2v) is 11.0. The molecule has 9 nitrogen and oxygen atoms in total. The van der Waals surface area contributed by atoms with Crippen molar-refractivity contribution >= 4 is 29.1 Å². The molecule has 3 N–H and O–H groups in total. The number of amides is 3. The van der Waals surface area contributed by atoms with Crippen molar-refractivity contribution in [3.05, 3.63) is 41.0 Å². The van der Waals surface area contributed by atoms with Crippen LogP contribution in [0.2, 0.25) is 0 Å². The Balaban J connectivity index is 1.38. The number of hydrogen-bond acceptors (Lipinski definition) is 7. The number of carbonyl (C=O) groups is 3. The first-order valence-electron chi connectivity index (χ1n) is 12.9. The second-order valence-electron chi connectivity index (χ2n) is 10.2. The molecule has 2 saturated heterocycles. The van der Waals surface area contributed by atoms with Crippen molar-refractivity contribution in [1.82, 2.24) is 20.5 Å². The first-order chi connectivity index (χ1) is 17.7. The average Bonchev–Trinajstić information content (AvgIpc) is 3.51. The van der Waals surface area contributed by atoms with Crippen LogP contribution in [0.4, 0.5) is 0 Å². The molecular weight excluding hydrogens is 492 g/mol. The van der Waals surface area contributed by atoms with Gasteiger partial charge in [0.05, 0.1) is 22.2 Å². The highest BCUT2D eigenvalue weighted by Gasteiger charge is 2.42. The third kappa shape index (κ3) is 6.55. The molecule has 2 aromatic rings. The highest BCUT2D eigenvalue weighted by atomic mass is 32.1. The zero-order valence-electron chi connectivity index (χ0n) is 21.6. The van der Waals surface area contributed by atoms with E-state index in [1.165, 1.54) is 4.90 Å². The molecular formula is C27H36N4O5S. The van der Waals surface area contributed by atoms with Gasteiger partial charge in [0.25, 0.3) is 0 Å². The second kappa shape index (κ2) is 12.1. The summed E-state index contributed by atoms with van der Waals surface area (Å²) < 4.78 is 5.34. The Hall–Kier alpha value is -2.82. The van der Waals surface area contributed by atoms with Crippen molar-refractivity contribution in [3.8, 4) is 10.4 Å². The number of benzene rings is 1. The Bertz CT molecular complexity index is 1100. The van der Waals surface area contributed by atoms with Gasteiger partial charge in [-0.2, -0.15) is 0 Å². The minimum absolute atomic E-state index is 0.0657. The maximum atomic E-state index is 13.5. The molecule has 0 saturated carbocycles. The quantitative estimate of drug-likeness (QED) is 0.483. The van der Waals surface area contributed by atoms with Crippen LogP contribution in [-0.4, -0.2) is 70.7 Å². The van der Waals surface area contributed by atoms with Gasteiger partial charge in [-0.1, -0.05) is 38.1 Å². The number of aryl methyl sites for hydroxylation is 1. The van der Waals surface area contributed by atoms with Gasteiger partial charge >= 0.3 is 0 Å². The molecule has 37 heavy (non-hydrogen) atoms. The summed E-state index contributed by atoms with van der Waals surface area (Å²) in [5.41, 5.74) is 4.81. The molecule has 3 atom stereocenters. The van der Waals surface area contributed by atoms with E-state index in [-0.39, 0.29) is 42.5 Å². The fourth-order valence-corrected chi connectivity index (χ4v) is 5.70. The molecule has 0 unspecified atom stereocenters. The van der Waals surface area contributed by atoms with E-state index in [2.05, 4.69) is 15.6 Å². The summed E-state index contributed by atoms with van der Waals surface area (Å²) in [6.07, 6.45) is 0.632. The Morgan fingerprint density at radius 3 is 2.49 bits per heavy atom. The minimum Gasteiger partial charge on any atom is -0.391 e. The first-order valence-corrected chi connectivity index (χ1v) is 13.8. The summed E-state index contributed by atoms with van der Waals surface area (Å²) in [6, 6.07) is 6.38. The molecule has 1 aromatic heterocycles. The van der Waals surface area contributed by atoms with Crippen LogP contribution in [0.5, 0.6) is 0 Å². The van der Waals surface area contributed by atoms with Gasteiger partial charge in [-0.15, -0.1) is 11.3 Å². The van der Waals surface area contributed by atoms with Crippen molar-refractivity contribution < 1.29 is 24.2 Å². The average molecular weight is 529 g/mol. The summed E-state index contributed by atoms with van der Waals surface area (Å²) >= 11 is 1.59. The number of carbonyl (C=O) groups excluding carboxylic acids is 3. The van der Waals surface area contributed by atoms with E-state index in [9.17, 15) is 19.5 Å². The summed E-state index contributed by atoms with van der Waals surface area (Å²) in [6.45, 7) is 7.15. The lowest BCUT2D eigenvalue weighted by molar-refractivity contribution is -0.143. The molecule has 2 aliphatic heterocycles. The highest BCUT2D eigenvalue weighted by Crippen LogP contribution is 2.27. The molecule has 0 radical (unpaired) electrons. The van der Waals surface area contributed by atoms with Gasteiger partial charge in [0.15, 0.2) is 0 Å². The largest absolute Gasteiger partial charge is 0.391 e. The number of hydrogen-bond donors (Lipinski definition) is 3. The Morgan fingerprint density at radius 1 is 1.16 bits per heavy atom. The number of nitrogens with zero attached hydrogens (tertiary/aromatic N) is 2. The summed E-state index contributed by atoms with van der Waals surface area (Å²) in [4.78, 5) is 46.3. The van der Waals surface area contributed by atoms with E-state index >= 15 is 0 Å². The Labute approximate surface area is 221 Å². The molecule has 0 bridgehead atoms. The third-order valence-corrected chi connectivity index (χ3v) is 8.09. The number of nitrogens with one attached hydrogen (secondary N) is 2. The minimum atomic E-state index is -0.791. The van der Waals surface area contributed by atoms with Gasteiger partial charge in [-0.05, 0) is 36.8 Å². The van der Waals surface area contributed by atoms with E-state index in [1.807, 2.05) is 50.5 Å². The van der Waals surface area contributed by atoms with Crippen molar-refractivity contribution in [1.29, 1.82) is 0 Å². The zero-order valence-corrected chi connectivity index (χ0v) is 22.4. The molecule has 3 heterocycles. The van der Waals surface area contributed by atoms with Gasteiger partial charge in [-0.3, -0.25) is 14.4 Å². The van der Waals surface area contributed by atoms with Crippen LogP contribution in [0.15, 0.2) is 29.8 Å². The van der Waals surface area contributed by atoms with Crippen LogP contribution in [0.25, 0.3) is 10.4 Å². The SMILES string of the molecule is Cc1ncsc1-c1ccc(CNC(=O)[C@@H]2C[C@@H](O)CN2C(=O)[C@@H](NC(=O)C2CCOCC2)C(C)C)cc1. The van der Waals surface area contributed by atoms with E-state index in [1.54, 1.807) is 11.3 Å². The number of ether oxygens (including phenoxy) is 1. The number of aromatic nitrogens is 1. The smallest absolute Gasteiger partial charge is 0.246 e. The Morgan fingerprint density at radius 2 is 1.86 bits per heavy atom. The summed E-state index contributed by atoms with van der Waals surface area (Å²) in [7, 11) is 0. The maximum Gasteiger partial charge on any atom is 0.246 e. The summed E-state index contributed by atoms with van der Waals surface area (Å²) in [5.74, 6) is -1.16. The molecule has 4 rings (SSSR count). The van der Waals surface area contributed by atoms with Gasteiger partial charge < -0.3 is 25.4 Å². The van der Waals surface area contributed by atoms with E-state index in [0.717, 1.165) is 21.7 Å². The van der Waals surface area contributed by atoms with Crippen LogP contribution >= 0.6 is 11.3 Å². The predicted octanol–water partition coefficient (Wildman–Crippen LogP) is 2.26.